The Bertz CT molecular complexity index is 404. The van der Waals surface area contributed by atoms with E-state index in [1.54, 1.807) is 7.11 Å². The third-order valence-electron chi connectivity index (χ3n) is 2.17. The number of aliphatic imine (C=N–C) groups is 1. The quantitative estimate of drug-likeness (QED) is 0.619. The summed E-state index contributed by atoms with van der Waals surface area (Å²) in [5, 5.41) is 2.90. The van der Waals surface area contributed by atoms with Crippen molar-refractivity contribution < 1.29 is 13.5 Å². The zero-order valence-electron chi connectivity index (χ0n) is 10.4. The second-order valence-electron chi connectivity index (χ2n) is 3.98. The Morgan fingerprint density at radius 2 is 2.00 bits per heavy atom. The molecule has 0 bridgehead atoms. The average molecular weight is 257 g/mol. The fourth-order valence-corrected chi connectivity index (χ4v) is 1.47. The number of halogens is 2. The van der Waals surface area contributed by atoms with Gasteiger partial charge in [-0.1, -0.05) is 0 Å². The van der Waals surface area contributed by atoms with Crippen molar-refractivity contribution >= 4 is 5.96 Å². The van der Waals surface area contributed by atoms with E-state index in [-0.39, 0.29) is 18.5 Å². The lowest BCUT2D eigenvalue weighted by Crippen LogP contribution is -2.40. The first-order chi connectivity index (χ1) is 8.51. The van der Waals surface area contributed by atoms with Crippen LogP contribution in [0.5, 0.6) is 0 Å². The van der Waals surface area contributed by atoms with Crippen LogP contribution < -0.4 is 11.1 Å². The molecule has 1 rings (SSSR count). The number of guanidine groups is 1. The molecule has 100 valence electrons. The number of ether oxygens (including phenoxy) is 1. The lowest BCUT2D eigenvalue weighted by atomic mass is 10.2. The summed E-state index contributed by atoms with van der Waals surface area (Å²) in [7, 11) is 1.58. The molecule has 0 saturated carbocycles. The van der Waals surface area contributed by atoms with Crippen molar-refractivity contribution in [1.29, 1.82) is 0 Å². The summed E-state index contributed by atoms with van der Waals surface area (Å²) < 4.78 is 30.7. The highest BCUT2D eigenvalue weighted by atomic mass is 19.1. The molecule has 6 heteroatoms. The lowest BCUT2D eigenvalue weighted by molar-refractivity contribution is 0.179. The molecule has 3 N–H and O–H groups in total. The van der Waals surface area contributed by atoms with Crippen LogP contribution in [0.15, 0.2) is 23.2 Å². The number of nitrogens with two attached hydrogens (primary N) is 1. The third kappa shape index (κ3) is 5.09. The van der Waals surface area contributed by atoms with Gasteiger partial charge in [-0.05, 0) is 24.6 Å². The van der Waals surface area contributed by atoms with Crippen molar-refractivity contribution in [1.82, 2.24) is 5.32 Å². The number of nitrogens with zero attached hydrogens (tertiary/aromatic N) is 1. The van der Waals surface area contributed by atoms with Gasteiger partial charge < -0.3 is 15.8 Å². The van der Waals surface area contributed by atoms with Gasteiger partial charge in [0, 0.05) is 19.2 Å². The van der Waals surface area contributed by atoms with Crippen molar-refractivity contribution in [2.45, 2.75) is 19.5 Å². The first kappa shape index (κ1) is 14.4. The van der Waals surface area contributed by atoms with Crippen LogP contribution in [-0.2, 0) is 11.3 Å². The number of hydrogen-bond acceptors (Lipinski definition) is 2. The van der Waals surface area contributed by atoms with E-state index in [0.29, 0.717) is 12.2 Å². The molecule has 1 atom stereocenters. The minimum atomic E-state index is -0.625. The summed E-state index contributed by atoms with van der Waals surface area (Å²) >= 11 is 0. The van der Waals surface area contributed by atoms with E-state index in [1.165, 1.54) is 12.1 Å². The second kappa shape index (κ2) is 6.90. The topological polar surface area (TPSA) is 59.6 Å². The SMILES string of the molecule is COCC(C)NC(N)=NCc1cc(F)cc(F)c1. The van der Waals surface area contributed by atoms with Crippen molar-refractivity contribution in [3.05, 3.63) is 35.4 Å². The molecule has 1 aromatic carbocycles. The highest BCUT2D eigenvalue weighted by molar-refractivity contribution is 5.78. The van der Waals surface area contributed by atoms with E-state index in [0.717, 1.165) is 6.07 Å². The molecule has 1 aromatic rings. The number of benzene rings is 1. The van der Waals surface area contributed by atoms with Gasteiger partial charge >= 0.3 is 0 Å². The smallest absolute Gasteiger partial charge is 0.189 e. The fraction of sp³-hybridized carbons (Fsp3) is 0.417. The lowest BCUT2D eigenvalue weighted by Gasteiger charge is -2.13. The molecule has 0 aromatic heterocycles. The van der Waals surface area contributed by atoms with Crippen molar-refractivity contribution in [3.63, 3.8) is 0 Å². The van der Waals surface area contributed by atoms with E-state index in [2.05, 4.69) is 10.3 Å². The van der Waals surface area contributed by atoms with E-state index < -0.39 is 11.6 Å². The van der Waals surface area contributed by atoms with E-state index in [1.807, 2.05) is 6.92 Å². The van der Waals surface area contributed by atoms with Gasteiger partial charge in [0.25, 0.3) is 0 Å². The summed E-state index contributed by atoms with van der Waals surface area (Å²) in [5.74, 6) is -1.04. The first-order valence-electron chi connectivity index (χ1n) is 5.51. The maximum Gasteiger partial charge on any atom is 0.189 e. The summed E-state index contributed by atoms with van der Waals surface area (Å²) in [6.45, 7) is 2.49. The normalized spacial score (nSPS) is 13.4. The molecular formula is C12H17F2N3O. The molecule has 4 nitrogen and oxygen atoms in total. The fourth-order valence-electron chi connectivity index (χ4n) is 1.47. The van der Waals surface area contributed by atoms with E-state index in [4.69, 9.17) is 10.5 Å². The van der Waals surface area contributed by atoms with Gasteiger partial charge in [0.2, 0.25) is 0 Å². The predicted molar refractivity (Wildman–Crippen MR) is 66.2 cm³/mol. The second-order valence-corrected chi connectivity index (χ2v) is 3.98. The molecular weight excluding hydrogens is 240 g/mol. The van der Waals surface area contributed by atoms with Crippen LogP contribution in [0.25, 0.3) is 0 Å². The first-order valence-corrected chi connectivity index (χ1v) is 5.51. The standard InChI is InChI=1S/C12H17F2N3O/c1-8(7-18-2)17-12(15)16-6-9-3-10(13)5-11(14)4-9/h3-5,8H,6-7H2,1-2H3,(H3,15,16,17). The van der Waals surface area contributed by atoms with E-state index >= 15 is 0 Å². The molecule has 0 fully saturated rings. The Labute approximate surface area is 105 Å². The summed E-state index contributed by atoms with van der Waals surface area (Å²) in [5.41, 5.74) is 6.05. The maximum atomic E-state index is 12.9. The monoisotopic (exact) mass is 257 g/mol. The Morgan fingerprint density at radius 3 is 2.56 bits per heavy atom. The van der Waals surface area contributed by atoms with E-state index in [9.17, 15) is 8.78 Å². The Kier molecular flexibility index (Phi) is 5.51. The minimum absolute atomic E-state index is 0.0167. The van der Waals surface area contributed by atoms with Crippen molar-refractivity contribution in [3.8, 4) is 0 Å². The van der Waals surface area contributed by atoms with Crippen LogP contribution in [0, 0.1) is 11.6 Å². The van der Waals surface area contributed by atoms with Crippen molar-refractivity contribution in [2.75, 3.05) is 13.7 Å². The third-order valence-corrected chi connectivity index (χ3v) is 2.17. The maximum absolute atomic E-state index is 12.9. The summed E-state index contributed by atoms with van der Waals surface area (Å²) in [6, 6.07) is 3.27. The molecule has 0 aliphatic carbocycles. The summed E-state index contributed by atoms with van der Waals surface area (Å²) in [6.07, 6.45) is 0. The van der Waals surface area contributed by atoms with Crippen LogP contribution >= 0.6 is 0 Å². The number of hydrogen-bond donors (Lipinski definition) is 2. The minimum Gasteiger partial charge on any atom is -0.383 e. The molecule has 0 heterocycles. The van der Waals surface area contributed by atoms with Gasteiger partial charge in [0.05, 0.1) is 13.2 Å². The Hall–Kier alpha value is -1.69. The van der Waals surface area contributed by atoms with Gasteiger partial charge in [-0.15, -0.1) is 0 Å². The number of methoxy groups -OCH3 is 1. The molecule has 0 amide bonds. The molecule has 0 spiro atoms. The number of nitrogens with one attached hydrogen (secondary N) is 1. The average Bonchev–Trinajstić information content (AvgIpc) is 2.25. The van der Waals surface area contributed by atoms with Gasteiger partial charge in [-0.2, -0.15) is 0 Å². The van der Waals surface area contributed by atoms with Gasteiger partial charge in [0.1, 0.15) is 11.6 Å². The van der Waals surface area contributed by atoms with Crippen molar-refractivity contribution in [2.24, 2.45) is 10.7 Å². The Morgan fingerprint density at radius 1 is 1.39 bits per heavy atom. The molecule has 18 heavy (non-hydrogen) atoms. The van der Waals surface area contributed by atoms with Gasteiger partial charge in [0.15, 0.2) is 5.96 Å². The van der Waals surface area contributed by atoms with Crippen LogP contribution in [0.2, 0.25) is 0 Å². The highest BCUT2D eigenvalue weighted by Crippen LogP contribution is 2.08. The Balaban J connectivity index is 2.56. The predicted octanol–water partition coefficient (Wildman–Crippen LogP) is 1.40. The molecule has 0 radical (unpaired) electrons. The van der Waals surface area contributed by atoms with Gasteiger partial charge in [-0.3, -0.25) is 0 Å². The molecule has 0 saturated heterocycles. The van der Waals surface area contributed by atoms with Gasteiger partial charge in [-0.25, -0.2) is 13.8 Å². The summed E-state index contributed by atoms with van der Waals surface area (Å²) in [4.78, 5) is 3.99. The zero-order chi connectivity index (χ0) is 13.5. The molecule has 0 aliphatic heterocycles. The largest absolute Gasteiger partial charge is 0.383 e. The van der Waals surface area contributed by atoms with Crippen LogP contribution in [0.4, 0.5) is 8.78 Å². The zero-order valence-corrected chi connectivity index (χ0v) is 10.4. The molecule has 0 aliphatic rings. The van der Waals surface area contributed by atoms with Crippen LogP contribution in [-0.4, -0.2) is 25.7 Å². The van der Waals surface area contributed by atoms with Crippen LogP contribution in [0.3, 0.4) is 0 Å². The van der Waals surface area contributed by atoms with Crippen LogP contribution in [0.1, 0.15) is 12.5 Å². The highest BCUT2D eigenvalue weighted by Gasteiger charge is 2.03. The molecule has 1 unspecified atom stereocenters. The number of rotatable bonds is 5.